The Labute approximate surface area is 362 Å². The minimum absolute atomic E-state index is 0.638. The van der Waals surface area contributed by atoms with Gasteiger partial charge in [-0.25, -0.2) is 15.0 Å². The van der Waals surface area contributed by atoms with Gasteiger partial charge in [0, 0.05) is 33.2 Å². The fraction of sp³-hybridized carbons (Fsp3) is 0. The Hall–Kier alpha value is -7.99. The van der Waals surface area contributed by atoms with Crippen LogP contribution in [0.5, 0.6) is 0 Å². The van der Waals surface area contributed by atoms with Crippen molar-refractivity contribution in [3.63, 3.8) is 0 Å². The van der Waals surface area contributed by atoms with E-state index < -0.39 is 8.07 Å². The van der Waals surface area contributed by atoms with E-state index in [1.54, 1.807) is 0 Å². The summed E-state index contributed by atoms with van der Waals surface area (Å²) in [6, 6.07) is 87.2. The third kappa shape index (κ3) is 6.52. The summed E-state index contributed by atoms with van der Waals surface area (Å²) in [7, 11) is -3.01. The first kappa shape index (κ1) is 37.0. The van der Waals surface area contributed by atoms with Crippen molar-refractivity contribution >= 4 is 50.6 Å². The number of benzene rings is 9. The molecule has 0 spiro atoms. The van der Waals surface area contributed by atoms with Gasteiger partial charge in [-0.2, -0.15) is 0 Å². The van der Waals surface area contributed by atoms with E-state index in [9.17, 15) is 0 Å². The Balaban J connectivity index is 1.14. The molecule has 0 N–H and O–H groups in total. The molecule has 0 radical (unpaired) electrons. The summed E-state index contributed by atoms with van der Waals surface area (Å²) in [5.41, 5.74) is 8.75. The highest BCUT2D eigenvalue weighted by Gasteiger charge is 2.42. The van der Waals surface area contributed by atoms with Crippen LogP contribution in [-0.4, -0.2) is 27.6 Å². The molecule has 0 amide bonds. The zero-order valence-electron chi connectivity index (χ0n) is 33.9. The molecule has 9 aromatic carbocycles. The van der Waals surface area contributed by atoms with Gasteiger partial charge in [-0.15, -0.1) is 0 Å². The van der Waals surface area contributed by atoms with Crippen LogP contribution in [0.1, 0.15) is 0 Å². The Morgan fingerprint density at radius 1 is 0.274 bits per heavy atom. The van der Waals surface area contributed by atoms with E-state index in [0.29, 0.717) is 17.5 Å². The van der Waals surface area contributed by atoms with Crippen molar-refractivity contribution in [2.24, 2.45) is 0 Å². The van der Waals surface area contributed by atoms with Gasteiger partial charge in [0.25, 0.3) is 0 Å². The van der Waals surface area contributed by atoms with Crippen LogP contribution in [-0.2, 0) is 0 Å². The van der Waals surface area contributed by atoms with Crippen molar-refractivity contribution in [2.45, 2.75) is 0 Å². The third-order valence-electron chi connectivity index (χ3n) is 12.0. The maximum Gasteiger partial charge on any atom is 0.179 e. The largest absolute Gasteiger partial charge is 0.309 e. The second kappa shape index (κ2) is 15.9. The minimum atomic E-state index is -3.01. The van der Waals surface area contributed by atoms with Crippen LogP contribution >= 0.6 is 0 Å². The van der Waals surface area contributed by atoms with Crippen LogP contribution < -0.4 is 20.7 Å². The normalized spacial score (nSPS) is 12.3. The summed E-state index contributed by atoms with van der Waals surface area (Å²) in [6.07, 6.45) is 0. The molecule has 0 aliphatic carbocycles. The van der Waals surface area contributed by atoms with Crippen molar-refractivity contribution in [3.05, 3.63) is 243 Å². The van der Waals surface area contributed by atoms with E-state index in [4.69, 9.17) is 15.0 Å². The Morgan fingerprint density at radius 2 is 0.645 bits per heavy atom. The first-order valence-corrected chi connectivity index (χ1v) is 23.0. The fourth-order valence-corrected chi connectivity index (χ4v) is 13.8. The number of hydrogen-bond acceptors (Lipinski definition) is 3. The van der Waals surface area contributed by atoms with E-state index in [2.05, 4.69) is 187 Å². The predicted molar refractivity (Wildman–Crippen MR) is 260 cm³/mol. The summed E-state index contributed by atoms with van der Waals surface area (Å²) in [5, 5.41) is 7.66. The van der Waals surface area contributed by atoms with Gasteiger partial charge in [0.05, 0.1) is 11.0 Å². The second-order valence-corrected chi connectivity index (χ2v) is 19.4. The molecule has 0 fully saturated rings. The predicted octanol–water partition coefficient (Wildman–Crippen LogP) is 11.0. The first-order chi connectivity index (χ1) is 30.7. The lowest BCUT2D eigenvalue weighted by Gasteiger charge is -2.35. The standard InChI is InChI=1S/C57H40N4Si/c1-6-18-41(19-7-1)42-30-34-48(35-31-42)62(47-26-14-5-15-27-47,50-38-39-54-52(40-50)51-28-16-17-29-53(51)61(54)46-24-12-4-13-25-46)49-36-32-45(33-37-49)57-59-55(43-20-8-2-9-21-43)58-56(60-57)44-22-10-3-11-23-44/h1-40H. The maximum atomic E-state index is 5.08. The van der Waals surface area contributed by atoms with E-state index in [-0.39, 0.29) is 0 Å². The average Bonchev–Trinajstić information content (AvgIpc) is 3.70. The van der Waals surface area contributed by atoms with Crippen molar-refractivity contribution < 1.29 is 0 Å². The SMILES string of the molecule is c1ccc(-c2ccc([Si](c3ccccc3)(c3ccc(-c4nc(-c5ccccc5)nc(-c5ccccc5)n4)cc3)c3ccc4c(c3)c3ccccc3n4-c3ccccc3)cc2)cc1. The van der Waals surface area contributed by atoms with Crippen LogP contribution in [0.2, 0.25) is 0 Å². The molecule has 292 valence electrons. The van der Waals surface area contributed by atoms with Crippen molar-refractivity contribution in [2.75, 3.05) is 0 Å². The number of fused-ring (bicyclic) bond motifs is 3. The van der Waals surface area contributed by atoms with Gasteiger partial charge in [-0.3, -0.25) is 0 Å². The van der Waals surface area contributed by atoms with Crippen LogP contribution in [0.25, 0.3) is 72.8 Å². The quantitative estimate of drug-likeness (QED) is 0.108. The molecule has 1 atom stereocenters. The number of rotatable bonds is 9. The van der Waals surface area contributed by atoms with Gasteiger partial charge in [0.2, 0.25) is 0 Å². The summed E-state index contributed by atoms with van der Waals surface area (Å²) in [5.74, 6) is 1.93. The molecule has 5 heteroatoms. The van der Waals surface area contributed by atoms with Crippen molar-refractivity contribution in [3.8, 4) is 51.0 Å². The van der Waals surface area contributed by atoms with Gasteiger partial charge < -0.3 is 4.57 Å². The summed E-state index contributed by atoms with van der Waals surface area (Å²) in [6.45, 7) is 0. The lowest BCUT2D eigenvalue weighted by atomic mass is 10.1. The summed E-state index contributed by atoms with van der Waals surface area (Å²) >= 11 is 0. The molecule has 2 aromatic heterocycles. The van der Waals surface area contributed by atoms with Gasteiger partial charge in [-0.05, 0) is 56.1 Å². The van der Waals surface area contributed by atoms with Crippen LogP contribution in [0.4, 0.5) is 0 Å². The highest BCUT2D eigenvalue weighted by atomic mass is 28.3. The molecule has 11 rings (SSSR count). The molecule has 0 saturated carbocycles. The van der Waals surface area contributed by atoms with E-state index in [0.717, 1.165) is 22.4 Å². The molecule has 0 saturated heterocycles. The molecule has 0 bridgehead atoms. The van der Waals surface area contributed by atoms with E-state index in [1.807, 2.05) is 60.7 Å². The van der Waals surface area contributed by atoms with E-state index >= 15 is 0 Å². The van der Waals surface area contributed by atoms with Crippen molar-refractivity contribution in [1.29, 1.82) is 0 Å². The van der Waals surface area contributed by atoms with Gasteiger partial charge in [0.1, 0.15) is 0 Å². The third-order valence-corrected chi connectivity index (χ3v) is 16.8. The molecule has 1 unspecified atom stereocenters. The second-order valence-electron chi connectivity index (χ2n) is 15.6. The first-order valence-electron chi connectivity index (χ1n) is 21.0. The molecular weight excluding hydrogens is 769 g/mol. The number of nitrogens with zero attached hydrogens (tertiary/aromatic N) is 4. The highest BCUT2D eigenvalue weighted by Crippen LogP contribution is 2.32. The fourth-order valence-electron chi connectivity index (χ4n) is 9.10. The minimum Gasteiger partial charge on any atom is -0.309 e. The van der Waals surface area contributed by atoms with Crippen LogP contribution in [0, 0.1) is 0 Å². The summed E-state index contributed by atoms with van der Waals surface area (Å²) in [4.78, 5) is 15.1. The molecule has 62 heavy (non-hydrogen) atoms. The molecule has 0 aliphatic heterocycles. The van der Waals surface area contributed by atoms with Crippen LogP contribution in [0.3, 0.4) is 0 Å². The molecule has 11 aromatic rings. The molecule has 4 nitrogen and oxygen atoms in total. The maximum absolute atomic E-state index is 5.08. The number of para-hydroxylation sites is 2. The van der Waals surface area contributed by atoms with Crippen molar-refractivity contribution in [1.82, 2.24) is 19.5 Å². The Kier molecular flexibility index (Phi) is 9.49. The number of aromatic nitrogens is 4. The monoisotopic (exact) mass is 808 g/mol. The van der Waals surface area contributed by atoms with Gasteiger partial charge >= 0.3 is 0 Å². The lowest BCUT2D eigenvalue weighted by Crippen LogP contribution is -2.74. The summed E-state index contributed by atoms with van der Waals surface area (Å²) < 4.78 is 2.39. The van der Waals surface area contributed by atoms with Crippen LogP contribution in [0.15, 0.2) is 243 Å². The number of hydrogen-bond donors (Lipinski definition) is 0. The molecular formula is C57H40N4Si. The lowest BCUT2D eigenvalue weighted by molar-refractivity contribution is 1.07. The Morgan fingerprint density at radius 3 is 1.19 bits per heavy atom. The van der Waals surface area contributed by atoms with Gasteiger partial charge in [-0.1, -0.05) is 218 Å². The van der Waals surface area contributed by atoms with Gasteiger partial charge in [0.15, 0.2) is 25.5 Å². The van der Waals surface area contributed by atoms with E-state index in [1.165, 1.54) is 53.7 Å². The topological polar surface area (TPSA) is 43.6 Å². The average molecular weight is 809 g/mol. The molecule has 2 heterocycles. The highest BCUT2D eigenvalue weighted by molar-refractivity contribution is 7.20. The molecule has 0 aliphatic rings. The smallest absolute Gasteiger partial charge is 0.179 e. The zero-order chi connectivity index (χ0) is 41.3. The zero-order valence-corrected chi connectivity index (χ0v) is 34.9. The Bertz CT molecular complexity index is 3240.